The Kier molecular flexibility index (Phi) is 7.00. The van der Waals surface area contributed by atoms with Crippen molar-refractivity contribution in [3.05, 3.63) is 58.7 Å². The molecule has 0 amide bonds. The average molecular weight is 432 g/mol. The first-order valence-corrected chi connectivity index (χ1v) is 11.8. The summed E-state index contributed by atoms with van der Waals surface area (Å²) in [7, 11) is -3.55. The van der Waals surface area contributed by atoms with Gasteiger partial charge in [-0.1, -0.05) is 0 Å². The first kappa shape index (κ1) is 21.4. The van der Waals surface area contributed by atoms with Crippen LogP contribution in [-0.4, -0.2) is 31.0 Å². The van der Waals surface area contributed by atoms with Gasteiger partial charge in [-0.3, -0.25) is 4.98 Å². The molecule has 0 atom stereocenters. The fraction of sp³-hybridized carbons (Fsp3) is 0.333. The number of ether oxygens (including phenoxy) is 1. The Morgan fingerprint density at radius 1 is 1.17 bits per heavy atom. The van der Waals surface area contributed by atoms with E-state index in [0.29, 0.717) is 18.7 Å². The quantitative estimate of drug-likeness (QED) is 0.513. The Morgan fingerprint density at radius 2 is 1.93 bits per heavy atom. The fourth-order valence-electron chi connectivity index (χ4n) is 2.79. The molecule has 3 aromatic rings. The lowest BCUT2D eigenvalue weighted by atomic mass is 10.2. The normalized spacial score (nSPS) is 11.7. The monoisotopic (exact) mass is 431 g/mol. The highest BCUT2D eigenvalue weighted by atomic mass is 32.2. The molecule has 0 saturated heterocycles. The highest BCUT2D eigenvalue weighted by molar-refractivity contribution is 7.89. The number of hydrogen-bond acceptors (Lipinski definition) is 6. The van der Waals surface area contributed by atoms with Crippen molar-refractivity contribution in [1.82, 2.24) is 14.7 Å². The maximum Gasteiger partial charge on any atom is 0.240 e. The van der Waals surface area contributed by atoms with Crippen LogP contribution in [0.4, 0.5) is 0 Å². The van der Waals surface area contributed by atoms with Gasteiger partial charge in [0.2, 0.25) is 10.0 Å². The molecule has 8 heteroatoms. The fourth-order valence-corrected chi connectivity index (χ4v) is 4.79. The Labute approximate surface area is 176 Å². The van der Waals surface area contributed by atoms with Crippen molar-refractivity contribution in [2.75, 3.05) is 6.54 Å². The first-order valence-electron chi connectivity index (χ1n) is 9.47. The number of aromatic nitrogens is 2. The van der Waals surface area contributed by atoms with Gasteiger partial charge in [-0.15, -0.1) is 11.3 Å². The first-order chi connectivity index (χ1) is 13.8. The molecule has 29 heavy (non-hydrogen) atoms. The molecule has 2 heterocycles. The molecule has 0 unspecified atom stereocenters. The van der Waals surface area contributed by atoms with Crippen LogP contribution in [0.2, 0.25) is 0 Å². The van der Waals surface area contributed by atoms with E-state index in [4.69, 9.17) is 4.74 Å². The minimum Gasteiger partial charge on any atom is -0.491 e. The summed E-state index contributed by atoms with van der Waals surface area (Å²) in [6.07, 6.45) is 4.92. The van der Waals surface area contributed by atoms with Crippen LogP contribution >= 0.6 is 11.3 Å². The van der Waals surface area contributed by atoms with Gasteiger partial charge in [-0.05, 0) is 63.1 Å². The van der Waals surface area contributed by atoms with Crippen LogP contribution in [-0.2, 0) is 16.4 Å². The number of nitrogens with zero attached hydrogens (tertiary/aromatic N) is 2. The van der Waals surface area contributed by atoms with Crippen molar-refractivity contribution < 1.29 is 13.2 Å². The smallest absolute Gasteiger partial charge is 0.240 e. The second-order valence-electron chi connectivity index (χ2n) is 6.96. The highest BCUT2D eigenvalue weighted by Gasteiger charge is 2.15. The number of rotatable bonds is 9. The van der Waals surface area contributed by atoms with Gasteiger partial charge >= 0.3 is 0 Å². The van der Waals surface area contributed by atoms with E-state index < -0.39 is 10.0 Å². The lowest BCUT2D eigenvalue weighted by molar-refractivity contribution is 0.240. The number of hydrogen-bond donors (Lipinski definition) is 1. The lowest BCUT2D eigenvalue weighted by Crippen LogP contribution is -2.25. The lowest BCUT2D eigenvalue weighted by Gasteiger charge is -2.13. The van der Waals surface area contributed by atoms with Crippen LogP contribution in [0.1, 0.15) is 30.8 Å². The van der Waals surface area contributed by atoms with Gasteiger partial charge in [-0.25, -0.2) is 18.1 Å². The van der Waals surface area contributed by atoms with Gasteiger partial charge in [-0.2, -0.15) is 0 Å². The molecule has 0 aliphatic carbocycles. The van der Waals surface area contributed by atoms with Crippen LogP contribution in [0, 0.1) is 6.92 Å². The number of aryl methyl sites for hydroxylation is 2. The van der Waals surface area contributed by atoms with E-state index >= 15 is 0 Å². The summed E-state index contributed by atoms with van der Waals surface area (Å²) >= 11 is 1.58. The van der Waals surface area contributed by atoms with Crippen molar-refractivity contribution in [1.29, 1.82) is 0 Å². The third kappa shape index (κ3) is 5.85. The van der Waals surface area contributed by atoms with E-state index in [1.165, 1.54) is 0 Å². The number of nitrogens with one attached hydrogen (secondary N) is 1. The molecule has 0 bridgehead atoms. The molecule has 6 nitrogen and oxygen atoms in total. The predicted octanol–water partition coefficient (Wildman–Crippen LogP) is 4.21. The molecule has 1 aromatic carbocycles. The SMILES string of the molecule is Cc1cc(S(=O)(=O)NCCCc2nc(-c3ccncc3)cs2)ccc1OC(C)C. The van der Waals surface area contributed by atoms with E-state index in [1.54, 1.807) is 41.9 Å². The summed E-state index contributed by atoms with van der Waals surface area (Å²) in [4.78, 5) is 8.88. The molecular weight excluding hydrogens is 406 g/mol. The second-order valence-corrected chi connectivity index (χ2v) is 9.67. The van der Waals surface area contributed by atoms with Crippen molar-refractivity contribution in [2.45, 2.75) is 44.6 Å². The summed E-state index contributed by atoms with van der Waals surface area (Å²) in [5, 5.41) is 3.00. The van der Waals surface area contributed by atoms with Gasteiger partial charge < -0.3 is 4.74 Å². The van der Waals surface area contributed by atoms with Crippen LogP contribution < -0.4 is 9.46 Å². The molecule has 0 spiro atoms. The Morgan fingerprint density at radius 3 is 2.62 bits per heavy atom. The minimum absolute atomic E-state index is 0.0409. The standard InChI is InChI=1S/C21H25N3O3S2/c1-15(2)27-20-7-6-18(13-16(20)3)29(25,26)23-10-4-5-21-24-19(14-28-21)17-8-11-22-12-9-17/h6-9,11-15,23H,4-5,10H2,1-3H3. The molecule has 3 rings (SSSR count). The molecule has 0 radical (unpaired) electrons. The number of pyridine rings is 1. The summed E-state index contributed by atoms with van der Waals surface area (Å²) in [5.74, 6) is 0.702. The molecule has 0 fully saturated rings. The largest absolute Gasteiger partial charge is 0.491 e. The molecule has 1 N–H and O–H groups in total. The van der Waals surface area contributed by atoms with Crippen LogP contribution in [0.25, 0.3) is 11.3 Å². The highest BCUT2D eigenvalue weighted by Crippen LogP contribution is 2.23. The van der Waals surface area contributed by atoms with Crippen LogP contribution in [0.15, 0.2) is 53.0 Å². The topological polar surface area (TPSA) is 81.2 Å². The zero-order valence-electron chi connectivity index (χ0n) is 16.8. The van der Waals surface area contributed by atoms with Crippen LogP contribution in [0.3, 0.4) is 0 Å². The Hall–Kier alpha value is -2.29. The van der Waals surface area contributed by atoms with E-state index in [0.717, 1.165) is 28.2 Å². The third-order valence-corrected chi connectivity index (χ3v) is 6.57. The maximum absolute atomic E-state index is 12.5. The summed E-state index contributed by atoms with van der Waals surface area (Å²) in [6.45, 7) is 6.08. The van der Waals surface area contributed by atoms with Gasteiger partial charge in [0, 0.05) is 36.3 Å². The van der Waals surface area contributed by atoms with Crippen molar-refractivity contribution >= 4 is 21.4 Å². The van der Waals surface area contributed by atoms with Crippen molar-refractivity contribution in [3.63, 3.8) is 0 Å². The molecule has 0 saturated carbocycles. The summed E-state index contributed by atoms with van der Waals surface area (Å²) in [5.41, 5.74) is 2.75. The van der Waals surface area contributed by atoms with E-state index in [2.05, 4.69) is 14.7 Å². The molecule has 0 aliphatic heterocycles. The number of benzene rings is 1. The zero-order chi connectivity index (χ0) is 20.9. The van der Waals surface area contributed by atoms with Crippen LogP contribution in [0.5, 0.6) is 5.75 Å². The molecule has 2 aromatic heterocycles. The number of sulfonamides is 1. The minimum atomic E-state index is -3.55. The summed E-state index contributed by atoms with van der Waals surface area (Å²) < 4.78 is 33.4. The number of thiazole rings is 1. The van der Waals surface area contributed by atoms with E-state index in [1.807, 2.05) is 38.3 Å². The Bertz CT molecular complexity index is 1050. The predicted molar refractivity (Wildman–Crippen MR) is 116 cm³/mol. The van der Waals surface area contributed by atoms with Gasteiger partial charge in [0.05, 0.1) is 21.7 Å². The van der Waals surface area contributed by atoms with E-state index in [-0.39, 0.29) is 11.0 Å². The second kappa shape index (κ2) is 9.47. The maximum atomic E-state index is 12.5. The average Bonchev–Trinajstić information content (AvgIpc) is 3.16. The zero-order valence-corrected chi connectivity index (χ0v) is 18.4. The van der Waals surface area contributed by atoms with Gasteiger partial charge in [0.15, 0.2) is 0 Å². The van der Waals surface area contributed by atoms with E-state index in [9.17, 15) is 8.42 Å². The molecule has 0 aliphatic rings. The van der Waals surface area contributed by atoms with Crippen molar-refractivity contribution in [3.8, 4) is 17.0 Å². The van der Waals surface area contributed by atoms with Crippen molar-refractivity contribution in [2.24, 2.45) is 0 Å². The molecular formula is C21H25N3O3S2. The summed E-state index contributed by atoms with van der Waals surface area (Å²) in [6, 6.07) is 8.77. The Balaban J connectivity index is 1.53. The van der Waals surface area contributed by atoms with Gasteiger partial charge in [0.1, 0.15) is 5.75 Å². The third-order valence-electron chi connectivity index (χ3n) is 4.21. The van der Waals surface area contributed by atoms with Gasteiger partial charge in [0.25, 0.3) is 0 Å². The molecule has 154 valence electrons.